The largest absolute Gasteiger partial charge is 0.159 e. The second-order valence-corrected chi connectivity index (χ2v) is 6.43. The zero-order valence-corrected chi connectivity index (χ0v) is 12.7. The molecule has 1 rings (SSSR count). The Bertz CT molecular complexity index is 341. The summed E-state index contributed by atoms with van der Waals surface area (Å²) in [6.45, 7) is 11.5. The lowest BCUT2D eigenvalue weighted by atomic mass is 9.63. The third kappa shape index (κ3) is 3.54. The Morgan fingerprint density at radius 3 is 2.33 bits per heavy atom. The minimum Gasteiger partial charge on any atom is -0.159 e. The van der Waals surface area contributed by atoms with Crippen molar-refractivity contribution in [3.8, 4) is 0 Å². The molecule has 0 saturated carbocycles. The van der Waals surface area contributed by atoms with Crippen LogP contribution in [0.15, 0.2) is 18.3 Å². The fourth-order valence-electron chi connectivity index (χ4n) is 2.29. The molecule has 1 aromatic rings. The van der Waals surface area contributed by atoms with Crippen molar-refractivity contribution in [3.05, 3.63) is 24.0 Å². The Balaban J connectivity index is 2.70. The predicted octanol–water partition coefficient (Wildman–Crippen LogP) is 4.75. The highest BCUT2D eigenvalue weighted by Gasteiger charge is 2.39. The zero-order chi connectivity index (χ0) is 13.6. The fraction of sp³-hybridized carbons (Fsp3) is 0.750. The second-order valence-electron chi connectivity index (χ2n) is 6.43. The van der Waals surface area contributed by atoms with Gasteiger partial charge in [0.2, 0.25) is 0 Å². The van der Waals surface area contributed by atoms with E-state index in [0.29, 0.717) is 0 Å². The number of rotatable bonds is 7. The monoisotopic (exact) mass is 248 g/mol. The number of nitrogens with zero attached hydrogens (tertiary/aromatic N) is 2. The molecule has 0 aliphatic heterocycles. The van der Waals surface area contributed by atoms with Gasteiger partial charge in [-0.15, -0.1) is 0 Å². The SMILES string of the molecule is CCCCCCC(C)(C)C(C)(C)c1cccnn1. The van der Waals surface area contributed by atoms with Crippen LogP contribution in [0, 0.1) is 5.41 Å². The first-order valence-corrected chi connectivity index (χ1v) is 7.20. The number of aromatic nitrogens is 2. The van der Waals surface area contributed by atoms with Gasteiger partial charge in [-0.3, -0.25) is 0 Å². The zero-order valence-electron chi connectivity index (χ0n) is 12.7. The first-order chi connectivity index (χ1) is 8.42. The fourth-order valence-corrected chi connectivity index (χ4v) is 2.29. The van der Waals surface area contributed by atoms with Crippen molar-refractivity contribution in [2.75, 3.05) is 0 Å². The van der Waals surface area contributed by atoms with E-state index < -0.39 is 0 Å². The van der Waals surface area contributed by atoms with E-state index in [0.717, 1.165) is 5.69 Å². The maximum absolute atomic E-state index is 4.31. The molecule has 0 aliphatic carbocycles. The lowest BCUT2D eigenvalue weighted by Gasteiger charge is -2.41. The third-order valence-electron chi connectivity index (χ3n) is 4.56. The Morgan fingerprint density at radius 1 is 1.06 bits per heavy atom. The Hall–Kier alpha value is -0.920. The van der Waals surface area contributed by atoms with Crippen molar-refractivity contribution in [1.29, 1.82) is 0 Å². The molecular weight excluding hydrogens is 220 g/mol. The lowest BCUT2D eigenvalue weighted by Crippen LogP contribution is -2.37. The van der Waals surface area contributed by atoms with E-state index in [1.165, 1.54) is 32.1 Å². The first kappa shape index (κ1) is 15.1. The van der Waals surface area contributed by atoms with E-state index in [1.807, 2.05) is 6.07 Å². The molecule has 2 heteroatoms. The molecule has 0 amide bonds. The molecule has 0 N–H and O–H groups in total. The Kier molecular flexibility index (Phi) is 5.30. The third-order valence-corrected chi connectivity index (χ3v) is 4.56. The van der Waals surface area contributed by atoms with Crippen LogP contribution in [0.5, 0.6) is 0 Å². The van der Waals surface area contributed by atoms with Crippen molar-refractivity contribution < 1.29 is 0 Å². The summed E-state index contributed by atoms with van der Waals surface area (Å²) < 4.78 is 0. The minimum atomic E-state index is 0.0630. The highest BCUT2D eigenvalue weighted by atomic mass is 15.1. The van der Waals surface area contributed by atoms with E-state index >= 15 is 0 Å². The van der Waals surface area contributed by atoms with Gasteiger partial charge in [0.15, 0.2) is 0 Å². The van der Waals surface area contributed by atoms with E-state index in [4.69, 9.17) is 0 Å². The molecule has 102 valence electrons. The van der Waals surface area contributed by atoms with Gasteiger partial charge >= 0.3 is 0 Å². The van der Waals surface area contributed by atoms with Crippen molar-refractivity contribution in [2.24, 2.45) is 5.41 Å². The molecule has 1 aromatic heterocycles. The van der Waals surface area contributed by atoms with Crippen LogP contribution in [0.4, 0.5) is 0 Å². The standard InChI is InChI=1S/C16H28N2/c1-6-7-8-9-12-15(2,3)16(4,5)14-11-10-13-17-18-14/h10-11,13H,6-9,12H2,1-5H3. The van der Waals surface area contributed by atoms with Gasteiger partial charge in [0.1, 0.15) is 0 Å². The summed E-state index contributed by atoms with van der Waals surface area (Å²) in [6, 6.07) is 4.08. The van der Waals surface area contributed by atoms with Gasteiger partial charge in [-0.1, -0.05) is 60.3 Å². The average Bonchev–Trinajstić information content (AvgIpc) is 2.35. The molecule has 0 spiro atoms. The van der Waals surface area contributed by atoms with Gasteiger partial charge in [0, 0.05) is 11.6 Å². The predicted molar refractivity (Wildman–Crippen MR) is 77.6 cm³/mol. The molecular formula is C16H28N2. The Morgan fingerprint density at radius 2 is 1.78 bits per heavy atom. The van der Waals surface area contributed by atoms with Crippen LogP contribution in [-0.4, -0.2) is 10.2 Å². The van der Waals surface area contributed by atoms with Crippen LogP contribution in [0.25, 0.3) is 0 Å². The first-order valence-electron chi connectivity index (χ1n) is 7.20. The summed E-state index contributed by atoms with van der Waals surface area (Å²) >= 11 is 0. The quantitative estimate of drug-likeness (QED) is 0.651. The summed E-state index contributed by atoms with van der Waals surface area (Å²) in [5.41, 5.74) is 1.41. The molecule has 0 aliphatic rings. The van der Waals surface area contributed by atoms with Crippen molar-refractivity contribution in [2.45, 2.75) is 72.1 Å². The van der Waals surface area contributed by atoms with Crippen LogP contribution in [0.2, 0.25) is 0 Å². The molecule has 0 fully saturated rings. The normalized spacial score (nSPS) is 12.7. The summed E-state index contributed by atoms with van der Waals surface area (Å²) in [5.74, 6) is 0. The molecule has 18 heavy (non-hydrogen) atoms. The summed E-state index contributed by atoms with van der Waals surface area (Å²) in [7, 11) is 0. The van der Waals surface area contributed by atoms with Gasteiger partial charge < -0.3 is 0 Å². The molecule has 2 nitrogen and oxygen atoms in total. The maximum atomic E-state index is 4.31. The van der Waals surface area contributed by atoms with Crippen molar-refractivity contribution in [3.63, 3.8) is 0 Å². The van der Waals surface area contributed by atoms with Crippen molar-refractivity contribution >= 4 is 0 Å². The molecule has 0 bridgehead atoms. The molecule has 0 radical (unpaired) electrons. The van der Waals surface area contributed by atoms with E-state index in [9.17, 15) is 0 Å². The highest BCUT2D eigenvalue weighted by molar-refractivity contribution is 5.16. The minimum absolute atomic E-state index is 0.0630. The number of hydrogen-bond acceptors (Lipinski definition) is 2. The molecule has 0 unspecified atom stereocenters. The molecule has 1 heterocycles. The van der Waals surface area contributed by atoms with Crippen LogP contribution >= 0.6 is 0 Å². The van der Waals surface area contributed by atoms with Gasteiger partial charge in [0.25, 0.3) is 0 Å². The van der Waals surface area contributed by atoms with E-state index in [2.05, 4.69) is 50.9 Å². The maximum Gasteiger partial charge on any atom is 0.0692 e. The molecule has 0 saturated heterocycles. The van der Waals surface area contributed by atoms with Crippen LogP contribution in [0.1, 0.15) is 72.4 Å². The van der Waals surface area contributed by atoms with Gasteiger partial charge in [-0.05, 0) is 24.0 Å². The number of unbranched alkanes of at least 4 members (excludes halogenated alkanes) is 3. The van der Waals surface area contributed by atoms with Crippen LogP contribution < -0.4 is 0 Å². The lowest BCUT2D eigenvalue weighted by molar-refractivity contribution is 0.169. The summed E-state index contributed by atoms with van der Waals surface area (Å²) in [4.78, 5) is 0. The van der Waals surface area contributed by atoms with Gasteiger partial charge in [-0.2, -0.15) is 10.2 Å². The highest BCUT2D eigenvalue weighted by Crippen LogP contribution is 2.43. The van der Waals surface area contributed by atoms with E-state index in [1.54, 1.807) is 6.20 Å². The smallest absolute Gasteiger partial charge is 0.0692 e. The van der Waals surface area contributed by atoms with Crippen molar-refractivity contribution in [1.82, 2.24) is 10.2 Å². The van der Waals surface area contributed by atoms with E-state index in [-0.39, 0.29) is 10.8 Å². The number of hydrogen-bond donors (Lipinski definition) is 0. The van der Waals surface area contributed by atoms with Gasteiger partial charge in [-0.25, -0.2) is 0 Å². The Labute approximate surface area is 112 Å². The van der Waals surface area contributed by atoms with Crippen LogP contribution in [0.3, 0.4) is 0 Å². The second kappa shape index (κ2) is 6.31. The molecule has 0 aromatic carbocycles. The topological polar surface area (TPSA) is 25.8 Å². The summed E-state index contributed by atoms with van der Waals surface area (Å²) in [6.07, 6.45) is 8.29. The average molecular weight is 248 g/mol. The van der Waals surface area contributed by atoms with Gasteiger partial charge in [0.05, 0.1) is 5.69 Å². The summed E-state index contributed by atoms with van der Waals surface area (Å²) in [5, 5.41) is 8.34. The van der Waals surface area contributed by atoms with Crippen LogP contribution in [-0.2, 0) is 5.41 Å². The molecule has 0 atom stereocenters.